The van der Waals surface area contributed by atoms with Crippen LogP contribution in [0.25, 0.3) is 10.8 Å². The van der Waals surface area contributed by atoms with Crippen LogP contribution in [0.2, 0.25) is 0 Å². The van der Waals surface area contributed by atoms with Crippen LogP contribution in [0.3, 0.4) is 0 Å². The largest absolute Gasteiger partial charge is 0.474 e. The minimum absolute atomic E-state index is 0.206. The zero-order valence-corrected chi connectivity index (χ0v) is 22.9. The van der Waals surface area contributed by atoms with Crippen LogP contribution in [0.15, 0.2) is 42.7 Å². The first-order valence-corrected chi connectivity index (χ1v) is 14.6. The van der Waals surface area contributed by atoms with Crippen molar-refractivity contribution in [1.29, 1.82) is 0 Å². The number of carbonyl (C=O) groups excluding carboxylic acids is 1. The molecule has 3 heterocycles. The molecule has 1 aliphatic heterocycles. The lowest BCUT2D eigenvalue weighted by Crippen LogP contribution is -2.43. The van der Waals surface area contributed by atoms with Gasteiger partial charge in [0.15, 0.2) is 5.78 Å². The van der Waals surface area contributed by atoms with Crippen molar-refractivity contribution in [2.75, 3.05) is 19.6 Å². The fourth-order valence-electron chi connectivity index (χ4n) is 6.76. The minimum Gasteiger partial charge on any atom is -0.474 e. The van der Waals surface area contributed by atoms with Crippen molar-refractivity contribution in [3.05, 3.63) is 59.5 Å². The minimum atomic E-state index is -2.58. The zero-order chi connectivity index (χ0) is 27.0. The SMILES string of the molecule is Cn1cc2cccc(C(=O)CC3CCC(CCN4CCc5ccc(OC6CC(F)(F)C6)nc5CC4)CC3)c2c1. The summed E-state index contributed by atoms with van der Waals surface area (Å²) < 4.78 is 34.0. The Kier molecular flexibility index (Phi) is 7.45. The molecule has 0 bridgehead atoms. The van der Waals surface area contributed by atoms with E-state index in [4.69, 9.17) is 4.74 Å². The number of rotatable bonds is 8. The number of ketones is 1. The van der Waals surface area contributed by atoms with Crippen molar-refractivity contribution >= 4 is 16.6 Å². The third kappa shape index (κ3) is 6.19. The van der Waals surface area contributed by atoms with Crippen molar-refractivity contribution in [2.45, 2.75) is 76.2 Å². The molecule has 2 fully saturated rings. The fourth-order valence-corrected chi connectivity index (χ4v) is 6.76. The summed E-state index contributed by atoms with van der Waals surface area (Å²) in [7, 11) is 2.01. The fraction of sp³-hybridized carbons (Fsp3) is 0.562. The molecule has 39 heavy (non-hydrogen) atoms. The highest BCUT2D eigenvalue weighted by molar-refractivity contribution is 6.08. The van der Waals surface area contributed by atoms with Gasteiger partial charge in [0.1, 0.15) is 6.10 Å². The third-order valence-electron chi connectivity index (χ3n) is 9.15. The number of Topliss-reactive ketones (excluding diaryl/α,β-unsaturated/α-hetero) is 1. The number of hydrogen-bond acceptors (Lipinski definition) is 4. The van der Waals surface area contributed by atoms with E-state index in [1.807, 2.05) is 29.8 Å². The van der Waals surface area contributed by atoms with E-state index in [0.29, 0.717) is 18.2 Å². The van der Waals surface area contributed by atoms with E-state index in [0.717, 1.165) is 73.3 Å². The first-order valence-electron chi connectivity index (χ1n) is 14.6. The Labute approximate surface area is 229 Å². The molecule has 6 rings (SSSR count). The predicted molar refractivity (Wildman–Crippen MR) is 149 cm³/mol. The van der Waals surface area contributed by atoms with Gasteiger partial charge in [-0.3, -0.25) is 4.79 Å². The summed E-state index contributed by atoms with van der Waals surface area (Å²) >= 11 is 0. The van der Waals surface area contributed by atoms with E-state index in [2.05, 4.69) is 34.4 Å². The van der Waals surface area contributed by atoms with Gasteiger partial charge in [0, 0.05) is 86.3 Å². The van der Waals surface area contributed by atoms with Gasteiger partial charge < -0.3 is 14.2 Å². The number of alkyl halides is 2. The Morgan fingerprint density at radius 2 is 1.79 bits per heavy atom. The van der Waals surface area contributed by atoms with Crippen LogP contribution >= 0.6 is 0 Å². The Morgan fingerprint density at radius 1 is 1.03 bits per heavy atom. The molecule has 0 amide bonds. The van der Waals surface area contributed by atoms with E-state index in [1.165, 1.54) is 24.8 Å². The molecule has 0 spiro atoms. The van der Waals surface area contributed by atoms with Crippen LogP contribution in [0.4, 0.5) is 8.78 Å². The zero-order valence-electron chi connectivity index (χ0n) is 22.9. The van der Waals surface area contributed by atoms with Crippen LogP contribution in [0.5, 0.6) is 5.88 Å². The highest BCUT2D eigenvalue weighted by Gasteiger charge is 2.47. The standard InChI is InChI=1S/C32H39F2N3O2/c1-36-20-25-3-2-4-27(28(25)21-36)30(38)17-23-7-5-22(6-8-23)11-14-37-15-12-24-9-10-31(35-29(24)13-16-37)39-26-18-32(33,34)19-26/h2-4,9-10,20-23,26H,5-8,11-19H2,1H3. The van der Waals surface area contributed by atoms with Crippen LogP contribution in [0.1, 0.15) is 73.0 Å². The topological polar surface area (TPSA) is 47.4 Å². The van der Waals surface area contributed by atoms with Gasteiger partial charge in [-0.1, -0.05) is 37.1 Å². The van der Waals surface area contributed by atoms with Gasteiger partial charge in [0.05, 0.1) is 0 Å². The summed E-state index contributed by atoms with van der Waals surface area (Å²) in [5, 5.41) is 2.20. The molecule has 3 aromatic rings. The molecule has 0 saturated heterocycles. The number of aromatic nitrogens is 2. The third-order valence-corrected chi connectivity index (χ3v) is 9.15. The van der Waals surface area contributed by atoms with Crippen molar-refractivity contribution in [3.63, 3.8) is 0 Å². The molecule has 208 valence electrons. The van der Waals surface area contributed by atoms with Crippen LogP contribution < -0.4 is 4.74 Å². The molecular weight excluding hydrogens is 496 g/mol. The lowest BCUT2D eigenvalue weighted by molar-refractivity contribution is -0.135. The van der Waals surface area contributed by atoms with E-state index < -0.39 is 12.0 Å². The van der Waals surface area contributed by atoms with E-state index in [-0.39, 0.29) is 18.6 Å². The number of halogens is 2. The van der Waals surface area contributed by atoms with E-state index >= 15 is 0 Å². The molecule has 0 unspecified atom stereocenters. The lowest BCUT2D eigenvalue weighted by atomic mass is 9.78. The Hall–Kier alpha value is -2.80. The molecule has 3 aliphatic rings. The molecule has 1 aromatic carbocycles. The number of hydrogen-bond donors (Lipinski definition) is 0. The number of ether oxygens (including phenoxy) is 1. The van der Waals surface area contributed by atoms with E-state index in [9.17, 15) is 13.6 Å². The van der Waals surface area contributed by atoms with Crippen molar-refractivity contribution in [3.8, 4) is 5.88 Å². The molecule has 5 nitrogen and oxygen atoms in total. The number of benzene rings is 1. The Bertz CT molecular complexity index is 1320. The molecule has 0 atom stereocenters. The summed E-state index contributed by atoms with van der Waals surface area (Å²) in [6, 6.07) is 9.96. The molecular formula is C32H39F2N3O2. The summed E-state index contributed by atoms with van der Waals surface area (Å²) in [4.78, 5) is 20.4. The summed E-state index contributed by atoms with van der Waals surface area (Å²) in [6.45, 7) is 3.09. The number of aryl methyl sites for hydroxylation is 1. The van der Waals surface area contributed by atoms with Gasteiger partial charge >= 0.3 is 0 Å². The highest BCUT2D eigenvalue weighted by atomic mass is 19.3. The van der Waals surface area contributed by atoms with E-state index in [1.54, 1.807) is 0 Å². The maximum atomic E-state index is 13.1. The number of nitrogens with zero attached hydrogens (tertiary/aromatic N) is 3. The van der Waals surface area contributed by atoms with Gasteiger partial charge in [0.2, 0.25) is 5.88 Å². The highest BCUT2D eigenvalue weighted by Crippen LogP contribution is 2.39. The quantitative estimate of drug-likeness (QED) is 0.304. The Morgan fingerprint density at radius 3 is 2.59 bits per heavy atom. The van der Waals surface area contributed by atoms with Crippen LogP contribution in [0, 0.1) is 11.8 Å². The molecule has 0 radical (unpaired) electrons. The molecule has 2 saturated carbocycles. The first-order chi connectivity index (χ1) is 18.8. The number of carbonyl (C=O) groups is 1. The molecule has 2 aromatic heterocycles. The molecule has 7 heteroatoms. The maximum absolute atomic E-state index is 13.1. The summed E-state index contributed by atoms with van der Waals surface area (Å²) in [6.07, 6.45) is 11.7. The van der Waals surface area contributed by atoms with Crippen LogP contribution in [-0.4, -0.2) is 51.9 Å². The van der Waals surface area contributed by atoms with Crippen molar-refractivity contribution in [2.24, 2.45) is 18.9 Å². The first kappa shape index (κ1) is 26.4. The summed E-state index contributed by atoms with van der Waals surface area (Å²) in [5.41, 5.74) is 3.17. The van der Waals surface area contributed by atoms with Gasteiger partial charge in [-0.25, -0.2) is 13.8 Å². The van der Waals surface area contributed by atoms with Gasteiger partial charge in [-0.2, -0.15) is 0 Å². The second kappa shape index (κ2) is 11.0. The molecule has 0 N–H and O–H groups in total. The van der Waals surface area contributed by atoms with Gasteiger partial charge in [-0.15, -0.1) is 0 Å². The smallest absolute Gasteiger partial charge is 0.255 e. The maximum Gasteiger partial charge on any atom is 0.255 e. The van der Waals surface area contributed by atoms with Crippen molar-refractivity contribution < 1.29 is 18.3 Å². The normalized spacial score (nSPS) is 23.7. The second-order valence-electron chi connectivity index (χ2n) is 12.1. The number of fused-ring (bicyclic) bond motifs is 2. The predicted octanol–water partition coefficient (Wildman–Crippen LogP) is 6.62. The molecule has 2 aliphatic carbocycles. The van der Waals surface area contributed by atoms with Gasteiger partial charge in [-0.05, 0) is 49.6 Å². The Balaban J connectivity index is 0.939. The lowest BCUT2D eigenvalue weighted by Gasteiger charge is -2.34. The average molecular weight is 536 g/mol. The average Bonchev–Trinajstić information content (AvgIpc) is 3.16. The number of pyridine rings is 1. The monoisotopic (exact) mass is 535 g/mol. The summed E-state index contributed by atoms with van der Waals surface area (Å²) in [5.74, 6) is -0.580. The van der Waals surface area contributed by atoms with Crippen molar-refractivity contribution in [1.82, 2.24) is 14.5 Å². The second-order valence-corrected chi connectivity index (χ2v) is 12.1. The van der Waals surface area contributed by atoms with Gasteiger partial charge in [0.25, 0.3) is 5.92 Å². The van der Waals surface area contributed by atoms with Crippen LogP contribution in [-0.2, 0) is 19.9 Å².